The van der Waals surface area contributed by atoms with E-state index in [1.165, 1.54) is 29.5 Å². The van der Waals surface area contributed by atoms with Gasteiger partial charge in [-0.05, 0) is 42.3 Å². The number of para-hydroxylation sites is 1. The molecule has 0 aliphatic carbocycles. The number of anilines is 1. The Morgan fingerprint density at radius 1 is 0.971 bits per heavy atom. The molecule has 0 saturated heterocycles. The van der Waals surface area contributed by atoms with Gasteiger partial charge in [0.2, 0.25) is 5.91 Å². The summed E-state index contributed by atoms with van der Waals surface area (Å²) in [6, 6.07) is 21.7. The number of carbonyl (C=O) groups excluding carboxylic acids is 2. The molecule has 0 spiro atoms. The first kappa shape index (κ1) is 23.6. The molecule has 1 aromatic heterocycles. The fourth-order valence-electron chi connectivity index (χ4n) is 3.71. The third kappa shape index (κ3) is 5.66. The maximum atomic E-state index is 13.8. The van der Waals surface area contributed by atoms with Gasteiger partial charge < -0.3 is 15.2 Å². The average Bonchev–Trinajstić information content (AvgIpc) is 3.21. The zero-order chi connectivity index (χ0) is 23.9. The molecule has 0 aliphatic heterocycles. The number of carbonyl (C=O) groups is 2. The van der Waals surface area contributed by atoms with Crippen molar-refractivity contribution in [1.82, 2.24) is 9.88 Å². The van der Waals surface area contributed by atoms with Crippen LogP contribution in [0.5, 0.6) is 0 Å². The Bertz CT molecular complexity index is 1300. The molecule has 0 radical (unpaired) electrons. The lowest BCUT2D eigenvalue weighted by atomic mass is 10.1. The first-order chi connectivity index (χ1) is 16.5. The van der Waals surface area contributed by atoms with Gasteiger partial charge in [-0.1, -0.05) is 49.4 Å². The fourth-order valence-corrected chi connectivity index (χ4v) is 4.60. The number of hydrogen-bond donors (Lipinski definition) is 2. The van der Waals surface area contributed by atoms with Crippen molar-refractivity contribution in [2.75, 3.05) is 17.6 Å². The minimum atomic E-state index is -0.537. The number of benzene rings is 3. The van der Waals surface area contributed by atoms with Gasteiger partial charge in [0.15, 0.2) is 0 Å². The first-order valence-electron chi connectivity index (χ1n) is 11.2. The van der Waals surface area contributed by atoms with Crippen LogP contribution in [0.4, 0.5) is 10.1 Å². The Morgan fingerprint density at radius 3 is 2.47 bits per heavy atom. The third-order valence-electron chi connectivity index (χ3n) is 5.51. The lowest BCUT2D eigenvalue weighted by molar-refractivity contribution is -0.113. The smallest absolute Gasteiger partial charge is 0.254 e. The van der Waals surface area contributed by atoms with Gasteiger partial charge >= 0.3 is 0 Å². The normalized spacial score (nSPS) is 10.9. The van der Waals surface area contributed by atoms with Crippen LogP contribution >= 0.6 is 11.8 Å². The molecular weight excluding hydrogens is 449 g/mol. The van der Waals surface area contributed by atoms with Gasteiger partial charge in [0, 0.05) is 40.8 Å². The van der Waals surface area contributed by atoms with Gasteiger partial charge in [-0.25, -0.2) is 4.39 Å². The number of aromatic nitrogens is 1. The van der Waals surface area contributed by atoms with Gasteiger partial charge in [0.05, 0.1) is 11.3 Å². The predicted molar refractivity (Wildman–Crippen MR) is 136 cm³/mol. The standard InChI is InChI=1S/C27H26FN3O2S/c1-2-19-11-13-20(14-12-19)30-26(32)18-34-25-17-31(24-10-6-4-8-22(24)25)16-15-29-27(33)21-7-3-5-9-23(21)28/h3-14,17H,2,15-16,18H2,1H3,(H,29,33)(H,30,32). The Labute approximate surface area is 202 Å². The lowest BCUT2D eigenvalue weighted by Gasteiger charge is -2.08. The molecule has 34 heavy (non-hydrogen) atoms. The number of nitrogens with zero attached hydrogens (tertiary/aromatic N) is 1. The molecule has 0 saturated carbocycles. The van der Waals surface area contributed by atoms with E-state index in [-0.39, 0.29) is 17.2 Å². The van der Waals surface area contributed by atoms with E-state index in [0.717, 1.165) is 27.9 Å². The van der Waals surface area contributed by atoms with Crippen LogP contribution in [0, 0.1) is 5.82 Å². The van der Waals surface area contributed by atoms with Crippen LogP contribution in [0.1, 0.15) is 22.8 Å². The number of aryl methyl sites for hydroxylation is 1. The van der Waals surface area contributed by atoms with Crippen molar-refractivity contribution in [3.63, 3.8) is 0 Å². The van der Waals surface area contributed by atoms with Crippen molar-refractivity contribution in [3.8, 4) is 0 Å². The molecule has 0 bridgehead atoms. The summed E-state index contributed by atoms with van der Waals surface area (Å²) in [7, 11) is 0. The Balaban J connectivity index is 1.37. The summed E-state index contributed by atoms with van der Waals surface area (Å²) in [5.74, 6) is -0.756. The molecule has 2 N–H and O–H groups in total. The maximum absolute atomic E-state index is 13.8. The largest absolute Gasteiger partial charge is 0.350 e. The van der Waals surface area contributed by atoms with Crippen LogP contribution in [0.3, 0.4) is 0 Å². The predicted octanol–water partition coefficient (Wildman–Crippen LogP) is 5.50. The number of hydrogen-bond acceptors (Lipinski definition) is 3. The topological polar surface area (TPSA) is 63.1 Å². The number of amides is 2. The van der Waals surface area contributed by atoms with Crippen molar-refractivity contribution >= 4 is 40.2 Å². The van der Waals surface area contributed by atoms with E-state index in [1.807, 2.05) is 59.3 Å². The number of thioether (sulfide) groups is 1. The average molecular weight is 476 g/mol. The van der Waals surface area contributed by atoms with Crippen LogP contribution in [-0.4, -0.2) is 28.7 Å². The molecular formula is C27H26FN3O2S. The summed E-state index contributed by atoms with van der Waals surface area (Å²) < 4.78 is 15.9. The van der Waals surface area contributed by atoms with E-state index < -0.39 is 11.7 Å². The maximum Gasteiger partial charge on any atom is 0.254 e. The van der Waals surface area contributed by atoms with E-state index >= 15 is 0 Å². The highest BCUT2D eigenvalue weighted by molar-refractivity contribution is 8.00. The summed E-state index contributed by atoms with van der Waals surface area (Å²) >= 11 is 1.47. The van der Waals surface area contributed by atoms with Gasteiger partial charge in [-0.15, -0.1) is 11.8 Å². The molecule has 5 nitrogen and oxygen atoms in total. The van der Waals surface area contributed by atoms with E-state index in [1.54, 1.807) is 12.1 Å². The summed E-state index contributed by atoms with van der Waals surface area (Å²) in [5, 5.41) is 6.77. The Hall–Kier alpha value is -3.58. The zero-order valence-electron chi connectivity index (χ0n) is 18.9. The Morgan fingerprint density at radius 2 is 1.71 bits per heavy atom. The molecule has 174 valence electrons. The molecule has 7 heteroatoms. The second kappa shape index (κ2) is 11.0. The third-order valence-corrected chi connectivity index (χ3v) is 6.56. The summed E-state index contributed by atoms with van der Waals surface area (Å²) in [6.07, 6.45) is 2.95. The van der Waals surface area contributed by atoms with Crippen LogP contribution in [0.15, 0.2) is 83.9 Å². The van der Waals surface area contributed by atoms with Crippen molar-refractivity contribution in [1.29, 1.82) is 0 Å². The van der Waals surface area contributed by atoms with E-state index in [4.69, 9.17) is 0 Å². The molecule has 2 amide bonds. The molecule has 1 heterocycles. The van der Waals surface area contributed by atoms with Gasteiger partial charge in [-0.3, -0.25) is 9.59 Å². The monoisotopic (exact) mass is 475 g/mol. The molecule has 4 aromatic rings. The quantitative estimate of drug-likeness (QED) is 0.314. The minimum absolute atomic E-state index is 0.0338. The van der Waals surface area contributed by atoms with Gasteiger partial charge in [0.1, 0.15) is 5.82 Å². The number of nitrogens with one attached hydrogen (secondary N) is 2. The SMILES string of the molecule is CCc1ccc(NC(=O)CSc2cn(CCNC(=O)c3ccccc3F)c3ccccc23)cc1. The van der Waals surface area contributed by atoms with Gasteiger partial charge in [0.25, 0.3) is 5.91 Å². The summed E-state index contributed by atoms with van der Waals surface area (Å²) in [4.78, 5) is 25.7. The van der Waals surface area contributed by atoms with E-state index in [2.05, 4.69) is 17.6 Å². The van der Waals surface area contributed by atoms with Crippen LogP contribution in [0.2, 0.25) is 0 Å². The highest BCUT2D eigenvalue weighted by atomic mass is 32.2. The molecule has 3 aromatic carbocycles. The number of fused-ring (bicyclic) bond motifs is 1. The second-order valence-corrected chi connectivity index (χ2v) is 8.84. The van der Waals surface area contributed by atoms with Crippen LogP contribution in [0.25, 0.3) is 10.9 Å². The molecule has 0 fully saturated rings. The van der Waals surface area contributed by atoms with Crippen molar-refractivity contribution in [2.45, 2.75) is 24.8 Å². The highest BCUT2D eigenvalue weighted by Crippen LogP contribution is 2.30. The first-order valence-corrected chi connectivity index (χ1v) is 12.2. The highest BCUT2D eigenvalue weighted by Gasteiger charge is 2.13. The number of halogens is 1. The van der Waals surface area contributed by atoms with Crippen molar-refractivity contribution in [2.24, 2.45) is 0 Å². The van der Waals surface area contributed by atoms with E-state index in [9.17, 15) is 14.0 Å². The van der Waals surface area contributed by atoms with Crippen LogP contribution < -0.4 is 10.6 Å². The molecule has 4 rings (SSSR count). The fraction of sp³-hybridized carbons (Fsp3) is 0.185. The summed E-state index contributed by atoms with van der Waals surface area (Å²) in [6.45, 7) is 2.97. The molecule has 0 unspecified atom stereocenters. The zero-order valence-corrected chi connectivity index (χ0v) is 19.7. The minimum Gasteiger partial charge on any atom is -0.350 e. The van der Waals surface area contributed by atoms with E-state index in [0.29, 0.717) is 13.1 Å². The lowest BCUT2D eigenvalue weighted by Crippen LogP contribution is -2.27. The van der Waals surface area contributed by atoms with Crippen molar-refractivity contribution in [3.05, 3.63) is 95.9 Å². The molecule has 0 atom stereocenters. The van der Waals surface area contributed by atoms with Crippen LogP contribution in [-0.2, 0) is 17.8 Å². The van der Waals surface area contributed by atoms with Crippen molar-refractivity contribution < 1.29 is 14.0 Å². The number of rotatable bonds is 9. The van der Waals surface area contributed by atoms with Gasteiger partial charge in [-0.2, -0.15) is 0 Å². The Kier molecular flexibility index (Phi) is 7.65. The summed E-state index contributed by atoms with van der Waals surface area (Å²) in [5.41, 5.74) is 3.06. The molecule has 0 aliphatic rings. The second-order valence-electron chi connectivity index (χ2n) is 7.83.